The maximum atomic E-state index is 12.2. The van der Waals surface area contributed by atoms with E-state index < -0.39 is 0 Å². The highest BCUT2D eigenvalue weighted by Gasteiger charge is 2.07. The van der Waals surface area contributed by atoms with Crippen LogP contribution in [0.5, 0.6) is 0 Å². The lowest BCUT2D eigenvalue weighted by molar-refractivity contribution is -0.113. The second-order valence-corrected chi connectivity index (χ2v) is 5.81. The Hall–Kier alpha value is -2.33. The van der Waals surface area contributed by atoms with Gasteiger partial charge in [-0.25, -0.2) is 0 Å². The summed E-state index contributed by atoms with van der Waals surface area (Å²) in [5, 5.41) is 0.998. The van der Waals surface area contributed by atoms with Crippen LogP contribution in [0.3, 0.4) is 0 Å². The van der Waals surface area contributed by atoms with Gasteiger partial charge in [-0.1, -0.05) is 34.1 Å². The summed E-state index contributed by atoms with van der Waals surface area (Å²) in [6.07, 6.45) is 3.20. The van der Waals surface area contributed by atoms with Gasteiger partial charge in [0.1, 0.15) is 11.3 Å². The number of fused-ring (bicyclic) bond motifs is 1. The van der Waals surface area contributed by atoms with Gasteiger partial charge in [-0.2, -0.15) is 0 Å². The molecule has 1 heterocycles. The first-order chi connectivity index (χ1) is 10.6. The molecule has 0 aliphatic heterocycles. The van der Waals surface area contributed by atoms with Crippen molar-refractivity contribution < 1.29 is 9.21 Å². The maximum Gasteiger partial charge on any atom is 0.250 e. The lowest BCUT2D eigenvalue weighted by Crippen LogP contribution is -2.23. The molecular weight excluding hydrogens is 342 g/mol. The first kappa shape index (κ1) is 14.6. The van der Waals surface area contributed by atoms with Crippen molar-refractivity contribution >= 4 is 44.6 Å². The largest absolute Gasteiger partial charge is 0.457 e. The van der Waals surface area contributed by atoms with Crippen molar-refractivity contribution in [3.63, 3.8) is 0 Å². The monoisotopic (exact) mass is 355 g/mol. The minimum atomic E-state index is -0.104. The molecule has 22 heavy (non-hydrogen) atoms. The van der Waals surface area contributed by atoms with Crippen molar-refractivity contribution in [2.24, 2.45) is 0 Å². The summed E-state index contributed by atoms with van der Waals surface area (Å²) in [5.74, 6) is 0.552. The zero-order chi connectivity index (χ0) is 15.5. The molecular formula is C18H14BrNO2. The summed E-state index contributed by atoms with van der Waals surface area (Å²) >= 11 is 3.43. The molecule has 0 bridgehead atoms. The molecule has 0 spiro atoms. The van der Waals surface area contributed by atoms with E-state index in [9.17, 15) is 4.79 Å². The summed E-state index contributed by atoms with van der Waals surface area (Å²) in [4.78, 5) is 13.8. The fourth-order valence-electron chi connectivity index (χ4n) is 2.16. The molecule has 0 saturated carbocycles. The Morgan fingerprint density at radius 3 is 2.68 bits per heavy atom. The number of carbonyl (C=O) groups is 1. The highest BCUT2D eigenvalue weighted by Crippen LogP contribution is 2.24. The van der Waals surface area contributed by atoms with Crippen LogP contribution >= 0.6 is 15.9 Å². The van der Waals surface area contributed by atoms with E-state index in [1.165, 1.54) is 6.08 Å². The molecule has 2 aromatic carbocycles. The van der Waals surface area contributed by atoms with Gasteiger partial charge in [-0.05, 0) is 42.5 Å². The fraction of sp³-hybridized carbons (Fsp3) is 0.0556. The number of furan rings is 1. The molecule has 0 aliphatic carbocycles. The van der Waals surface area contributed by atoms with Gasteiger partial charge < -0.3 is 9.32 Å². The van der Waals surface area contributed by atoms with E-state index >= 15 is 0 Å². The van der Waals surface area contributed by atoms with Gasteiger partial charge in [0, 0.05) is 28.7 Å². The van der Waals surface area contributed by atoms with Crippen LogP contribution in [0.1, 0.15) is 5.76 Å². The first-order valence-corrected chi connectivity index (χ1v) is 7.63. The molecule has 4 heteroatoms. The minimum absolute atomic E-state index is 0.104. The number of anilines is 1. The number of para-hydroxylation sites is 1. The van der Waals surface area contributed by atoms with Gasteiger partial charge in [0.25, 0.3) is 5.91 Å². The molecule has 3 nitrogen and oxygen atoms in total. The number of amides is 1. The summed E-state index contributed by atoms with van der Waals surface area (Å²) in [6, 6.07) is 17.2. The predicted molar refractivity (Wildman–Crippen MR) is 92.8 cm³/mol. The lowest BCUT2D eigenvalue weighted by atomic mass is 10.2. The molecule has 1 aromatic heterocycles. The van der Waals surface area contributed by atoms with Crippen LogP contribution in [-0.2, 0) is 4.79 Å². The van der Waals surface area contributed by atoms with Crippen molar-refractivity contribution in [3.05, 3.63) is 70.9 Å². The second kappa shape index (κ2) is 6.20. The summed E-state index contributed by atoms with van der Waals surface area (Å²) < 4.78 is 6.68. The molecule has 0 fully saturated rings. The van der Waals surface area contributed by atoms with Crippen molar-refractivity contribution in [2.75, 3.05) is 11.9 Å². The van der Waals surface area contributed by atoms with E-state index in [-0.39, 0.29) is 5.91 Å². The van der Waals surface area contributed by atoms with Gasteiger partial charge in [0.15, 0.2) is 0 Å². The number of nitrogens with zero attached hydrogens (tertiary/aromatic N) is 1. The average Bonchev–Trinajstić information content (AvgIpc) is 2.94. The van der Waals surface area contributed by atoms with Gasteiger partial charge in [0.05, 0.1) is 0 Å². The Morgan fingerprint density at radius 2 is 1.91 bits per heavy atom. The van der Waals surface area contributed by atoms with E-state index in [1.54, 1.807) is 18.0 Å². The number of halogens is 1. The topological polar surface area (TPSA) is 33.5 Å². The minimum Gasteiger partial charge on any atom is -0.457 e. The van der Waals surface area contributed by atoms with Gasteiger partial charge in [0.2, 0.25) is 0 Å². The molecule has 0 unspecified atom stereocenters. The molecule has 0 radical (unpaired) electrons. The molecule has 0 saturated heterocycles. The fourth-order valence-corrected chi connectivity index (χ4v) is 2.54. The number of benzene rings is 2. The van der Waals surface area contributed by atoms with E-state index in [2.05, 4.69) is 15.9 Å². The van der Waals surface area contributed by atoms with Crippen LogP contribution < -0.4 is 4.90 Å². The predicted octanol–water partition coefficient (Wildman–Crippen LogP) is 4.87. The van der Waals surface area contributed by atoms with Crippen molar-refractivity contribution in [1.82, 2.24) is 0 Å². The molecule has 3 aromatic rings. The van der Waals surface area contributed by atoms with Crippen LogP contribution in [0.25, 0.3) is 17.0 Å². The number of likely N-dealkylation sites (N-methyl/N-ethyl adjacent to an activating group) is 1. The molecule has 0 N–H and O–H groups in total. The van der Waals surface area contributed by atoms with Crippen LogP contribution in [0.2, 0.25) is 0 Å². The Labute approximate surface area is 137 Å². The highest BCUT2D eigenvalue weighted by atomic mass is 79.9. The number of carbonyl (C=O) groups excluding carboxylic acids is 1. The standard InChI is InChI=1S/C18H14BrNO2/c1-20(15-5-3-2-4-6-15)18(21)10-8-16-12-13-11-14(19)7-9-17(13)22-16/h2-12H,1H3. The Bertz CT molecular complexity index is 837. The van der Waals surface area contributed by atoms with Crippen molar-refractivity contribution in [2.45, 2.75) is 0 Å². The van der Waals surface area contributed by atoms with E-state index in [4.69, 9.17) is 4.42 Å². The third-order valence-electron chi connectivity index (χ3n) is 3.36. The molecule has 110 valence electrons. The molecule has 1 amide bonds. The average molecular weight is 356 g/mol. The van der Waals surface area contributed by atoms with E-state index in [1.807, 2.05) is 54.6 Å². The van der Waals surface area contributed by atoms with Crippen LogP contribution in [0, 0.1) is 0 Å². The summed E-state index contributed by atoms with van der Waals surface area (Å²) in [5.41, 5.74) is 1.65. The van der Waals surface area contributed by atoms with Crippen LogP contribution in [0.15, 0.2) is 69.6 Å². The number of hydrogen-bond donors (Lipinski definition) is 0. The lowest BCUT2D eigenvalue weighted by Gasteiger charge is -2.14. The SMILES string of the molecule is CN(C(=O)C=Cc1cc2cc(Br)ccc2o1)c1ccccc1. The third kappa shape index (κ3) is 3.12. The Kier molecular flexibility index (Phi) is 4.11. The summed E-state index contributed by atoms with van der Waals surface area (Å²) in [6.45, 7) is 0. The van der Waals surface area contributed by atoms with Crippen molar-refractivity contribution in [3.8, 4) is 0 Å². The molecule has 0 atom stereocenters. The molecule has 3 rings (SSSR count). The Morgan fingerprint density at radius 1 is 1.14 bits per heavy atom. The number of hydrogen-bond acceptors (Lipinski definition) is 2. The zero-order valence-corrected chi connectivity index (χ0v) is 13.6. The van der Waals surface area contributed by atoms with Gasteiger partial charge in [-0.3, -0.25) is 4.79 Å². The quantitative estimate of drug-likeness (QED) is 0.627. The first-order valence-electron chi connectivity index (χ1n) is 6.83. The zero-order valence-electron chi connectivity index (χ0n) is 12.0. The maximum absolute atomic E-state index is 12.2. The molecule has 0 aliphatic rings. The van der Waals surface area contributed by atoms with Gasteiger partial charge in [-0.15, -0.1) is 0 Å². The third-order valence-corrected chi connectivity index (χ3v) is 3.85. The smallest absolute Gasteiger partial charge is 0.250 e. The van der Waals surface area contributed by atoms with E-state index in [0.717, 1.165) is 21.1 Å². The summed E-state index contributed by atoms with van der Waals surface area (Å²) in [7, 11) is 1.75. The van der Waals surface area contributed by atoms with E-state index in [0.29, 0.717) is 5.76 Å². The van der Waals surface area contributed by atoms with Crippen molar-refractivity contribution in [1.29, 1.82) is 0 Å². The normalized spacial score (nSPS) is 11.2. The highest BCUT2D eigenvalue weighted by molar-refractivity contribution is 9.10. The second-order valence-electron chi connectivity index (χ2n) is 4.90. The Balaban J connectivity index is 1.78. The van der Waals surface area contributed by atoms with Crippen LogP contribution in [0.4, 0.5) is 5.69 Å². The van der Waals surface area contributed by atoms with Crippen LogP contribution in [-0.4, -0.2) is 13.0 Å². The van der Waals surface area contributed by atoms with Gasteiger partial charge >= 0.3 is 0 Å². The number of rotatable bonds is 3.